The molecule has 1 aliphatic heterocycles. The lowest BCUT2D eigenvalue weighted by Gasteiger charge is -2.26. The molecule has 0 spiro atoms. The minimum atomic E-state index is -3.68. The molecule has 1 N–H and O–H groups in total. The highest BCUT2D eigenvalue weighted by atomic mass is 32.2. The predicted molar refractivity (Wildman–Crippen MR) is 118 cm³/mol. The molecule has 0 bridgehead atoms. The lowest BCUT2D eigenvalue weighted by Crippen LogP contribution is -2.35. The number of hydrogen-bond donors (Lipinski definition) is 1. The molecular formula is C21H25N3O4S2. The van der Waals surface area contributed by atoms with Crippen LogP contribution in [0.3, 0.4) is 0 Å². The molecule has 0 atom stereocenters. The summed E-state index contributed by atoms with van der Waals surface area (Å²) >= 11 is 1.07. The third-order valence-corrected chi connectivity index (χ3v) is 7.57. The minimum Gasteiger partial charge on any atom is -0.379 e. The standard InChI is InChI=1S/C21H25N3O4S2/c1-2-24-19-7-6-18(13-20(19)29-21(24)25)30(26,27)22-14-16-4-3-5-17(12-16)15-23-8-10-28-11-9-23/h3-7,12-13,22H,2,8-11,14-15H2,1H3. The van der Waals surface area contributed by atoms with Crippen LogP contribution in [0.2, 0.25) is 0 Å². The molecule has 0 saturated carbocycles. The molecule has 3 aromatic rings. The number of sulfonamides is 1. The third-order valence-electron chi connectivity index (χ3n) is 5.23. The number of nitrogens with one attached hydrogen (secondary N) is 1. The van der Waals surface area contributed by atoms with Gasteiger partial charge in [0, 0.05) is 32.7 Å². The van der Waals surface area contributed by atoms with Crippen molar-refractivity contribution in [1.29, 1.82) is 0 Å². The summed E-state index contributed by atoms with van der Waals surface area (Å²) in [4.78, 5) is 14.4. The van der Waals surface area contributed by atoms with E-state index in [1.165, 1.54) is 0 Å². The van der Waals surface area contributed by atoms with Gasteiger partial charge in [-0.1, -0.05) is 35.6 Å². The van der Waals surface area contributed by atoms with Crippen LogP contribution in [0.1, 0.15) is 18.1 Å². The number of ether oxygens (including phenoxy) is 1. The Morgan fingerprint density at radius 2 is 1.87 bits per heavy atom. The molecule has 1 aromatic heterocycles. The quantitative estimate of drug-likeness (QED) is 0.602. The first-order valence-corrected chi connectivity index (χ1v) is 12.3. The maximum atomic E-state index is 12.8. The Hall–Kier alpha value is -2.04. The highest BCUT2D eigenvalue weighted by Crippen LogP contribution is 2.22. The summed E-state index contributed by atoms with van der Waals surface area (Å²) in [6, 6.07) is 12.8. The zero-order chi connectivity index (χ0) is 21.1. The summed E-state index contributed by atoms with van der Waals surface area (Å²) < 4.78 is 36.0. The summed E-state index contributed by atoms with van der Waals surface area (Å²) in [7, 11) is -3.68. The second-order valence-corrected chi connectivity index (χ2v) is 10.0. The Labute approximate surface area is 179 Å². The molecule has 0 aliphatic carbocycles. The SMILES string of the molecule is CCn1c(=O)sc2cc(S(=O)(=O)NCc3cccc(CN4CCOCC4)c3)ccc21. The zero-order valence-electron chi connectivity index (χ0n) is 16.8. The van der Waals surface area contributed by atoms with E-state index in [2.05, 4.69) is 15.7 Å². The Bertz CT molecular complexity index is 1190. The Morgan fingerprint density at radius 3 is 2.63 bits per heavy atom. The molecule has 4 rings (SSSR count). The zero-order valence-corrected chi connectivity index (χ0v) is 18.5. The van der Waals surface area contributed by atoms with E-state index in [0.717, 1.165) is 60.8 Å². The Kier molecular flexibility index (Phi) is 6.35. The topological polar surface area (TPSA) is 80.6 Å². The van der Waals surface area contributed by atoms with E-state index in [9.17, 15) is 13.2 Å². The van der Waals surface area contributed by atoms with Crippen LogP contribution >= 0.6 is 11.3 Å². The van der Waals surface area contributed by atoms with E-state index in [4.69, 9.17) is 4.74 Å². The molecule has 2 aromatic carbocycles. The van der Waals surface area contributed by atoms with Crippen molar-refractivity contribution in [2.24, 2.45) is 0 Å². The first-order chi connectivity index (χ1) is 14.5. The van der Waals surface area contributed by atoms with E-state index in [1.807, 2.05) is 25.1 Å². The number of thiazole rings is 1. The van der Waals surface area contributed by atoms with E-state index in [1.54, 1.807) is 22.8 Å². The van der Waals surface area contributed by atoms with Crippen LogP contribution in [-0.4, -0.2) is 44.2 Å². The van der Waals surface area contributed by atoms with E-state index < -0.39 is 10.0 Å². The van der Waals surface area contributed by atoms with Gasteiger partial charge in [0.05, 0.1) is 28.3 Å². The Balaban J connectivity index is 1.47. The van der Waals surface area contributed by atoms with Gasteiger partial charge in [-0.25, -0.2) is 13.1 Å². The van der Waals surface area contributed by atoms with E-state index in [0.29, 0.717) is 11.2 Å². The predicted octanol–water partition coefficient (Wildman–Crippen LogP) is 2.39. The summed E-state index contributed by atoms with van der Waals surface area (Å²) in [5, 5.41) is 0. The lowest BCUT2D eigenvalue weighted by atomic mass is 10.1. The number of rotatable bonds is 7. The van der Waals surface area contributed by atoms with Gasteiger partial charge < -0.3 is 4.74 Å². The molecule has 1 saturated heterocycles. The monoisotopic (exact) mass is 447 g/mol. The van der Waals surface area contributed by atoms with Crippen molar-refractivity contribution < 1.29 is 13.2 Å². The minimum absolute atomic E-state index is 0.0768. The first kappa shape index (κ1) is 21.2. The van der Waals surface area contributed by atoms with Gasteiger partial charge >= 0.3 is 4.87 Å². The average molecular weight is 448 g/mol. The van der Waals surface area contributed by atoms with Gasteiger partial charge in [0.25, 0.3) is 0 Å². The normalized spacial score (nSPS) is 15.6. The van der Waals surface area contributed by atoms with Crippen LogP contribution in [0.4, 0.5) is 0 Å². The van der Waals surface area contributed by atoms with Crippen molar-refractivity contribution in [1.82, 2.24) is 14.2 Å². The fourth-order valence-corrected chi connectivity index (χ4v) is 5.74. The number of nitrogens with zero attached hydrogens (tertiary/aromatic N) is 2. The molecule has 1 fully saturated rings. The largest absolute Gasteiger partial charge is 0.379 e. The fraction of sp³-hybridized carbons (Fsp3) is 0.381. The molecule has 0 unspecified atom stereocenters. The molecule has 0 radical (unpaired) electrons. The highest BCUT2D eigenvalue weighted by Gasteiger charge is 2.17. The van der Waals surface area contributed by atoms with E-state index in [-0.39, 0.29) is 16.3 Å². The summed E-state index contributed by atoms with van der Waals surface area (Å²) in [5.74, 6) is 0. The second-order valence-electron chi connectivity index (χ2n) is 7.27. The summed E-state index contributed by atoms with van der Waals surface area (Å²) in [5.41, 5.74) is 2.83. The molecule has 0 amide bonds. The number of fused-ring (bicyclic) bond motifs is 1. The summed E-state index contributed by atoms with van der Waals surface area (Å²) in [6.45, 7) is 6.81. The van der Waals surface area contributed by atoms with Crippen molar-refractivity contribution in [2.45, 2.75) is 31.5 Å². The number of benzene rings is 2. The van der Waals surface area contributed by atoms with Crippen molar-refractivity contribution in [3.8, 4) is 0 Å². The molecular weight excluding hydrogens is 422 g/mol. The third kappa shape index (κ3) is 4.65. The van der Waals surface area contributed by atoms with Crippen LogP contribution in [0, 0.1) is 0 Å². The van der Waals surface area contributed by atoms with Crippen LogP contribution < -0.4 is 9.60 Å². The molecule has 2 heterocycles. The van der Waals surface area contributed by atoms with Crippen molar-refractivity contribution in [3.63, 3.8) is 0 Å². The molecule has 160 valence electrons. The molecule has 30 heavy (non-hydrogen) atoms. The van der Waals surface area contributed by atoms with E-state index >= 15 is 0 Å². The number of aryl methyl sites for hydroxylation is 1. The molecule has 7 nitrogen and oxygen atoms in total. The van der Waals surface area contributed by atoms with Crippen LogP contribution in [-0.2, 0) is 34.4 Å². The maximum Gasteiger partial charge on any atom is 0.308 e. The van der Waals surface area contributed by atoms with Gasteiger partial charge in [0.15, 0.2) is 0 Å². The van der Waals surface area contributed by atoms with Gasteiger partial charge in [0.1, 0.15) is 0 Å². The highest BCUT2D eigenvalue weighted by molar-refractivity contribution is 7.89. The second kappa shape index (κ2) is 8.99. The van der Waals surface area contributed by atoms with Gasteiger partial charge in [-0.05, 0) is 36.2 Å². The Morgan fingerprint density at radius 1 is 1.10 bits per heavy atom. The molecule has 9 heteroatoms. The van der Waals surface area contributed by atoms with Crippen molar-refractivity contribution in [2.75, 3.05) is 26.3 Å². The van der Waals surface area contributed by atoms with Gasteiger partial charge in [-0.3, -0.25) is 14.3 Å². The van der Waals surface area contributed by atoms with Gasteiger partial charge in [-0.15, -0.1) is 0 Å². The lowest BCUT2D eigenvalue weighted by molar-refractivity contribution is 0.0342. The molecule has 1 aliphatic rings. The average Bonchev–Trinajstić information content (AvgIpc) is 3.07. The van der Waals surface area contributed by atoms with Crippen LogP contribution in [0.15, 0.2) is 52.2 Å². The van der Waals surface area contributed by atoms with Crippen LogP contribution in [0.5, 0.6) is 0 Å². The van der Waals surface area contributed by atoms with Crippen molar-refractivity contribution >= 4 is 31.6 Å². The first-order valence-electron chi connectivity index (χ1n) is 9.97. The number of aromatic nitrogens is 1. The van der Waals surface area contributed by atoms with Crippen molar-refractivity contribution in [3.05, 3.63) is 63.3 Å². The van der Waals surface area contributed by atoms with Gasteiger partial charge in [-0.2, -0.15) is 0 Å². The van der Waals surface area contributed by atoms with Gasteiger partial charge in [0.2, 0.25) is 10.0 Å². The van der Waals surface area contributed by atoms with Crippen LogP contribution in [0.25, 0.3) is 10.2 Å². The summed E-state index contributed by atoms with van der Waals surface area (Å²) in [6.07, 6.45) is 0. The number of morpholine rings is 1. The number of hydrogen-bond acceptors (Lipinski definition) is 6. The fourth-order valence-electron chi connectivity index (χ4n) is 3.63. The maximum absolute atomic E-state index is 12.8. The smallest absolute Gasteiger partial charge is 0.308 e.